The van der Waals surface area contributed by atoms with Crippen LogP contribution in [0.4, 0.5) is 0 Å². The number of benzene rings is 2. The molecule has 2 rings (SSSR count). The molecule has 0 amide bonds. The summed E-state index contributed by atoms with van der Waals surface area (Å²) in [7, 11) is -2.28. The van der Waals surface area contributed by atoms with Gasteiger partial charge in [0.1, 0.15) is 0 Å². The third-order valence-electron chi connectivity index (χ3n) is 3.42. The van der Waals surface area contributed by atoms with Gasteiger partial charge >= 0.3 is 168 Å². The fourth-order valence-electron chi connectivity index (χ4n) is 2.23. The number of carbonyl (C=O) groups is 2. The number of hydrogen-bond donors (Lipinski definition) is 1. The summed E-state index contributed by atoms with van der Waals surface area (Å²) in [6.07, 6.45) is 0. The zero-order valence-electron chi connectivity index (χ0n) is 14.2. The zero-order valence-corrected chi connectivity index (χ0v) is 17.0. The van der Waals surface area contributed by atoms with Crippen LogP contribution in [0.15, 0.2) is 41.3 Å². The maximum absolute atomic E-state index is 12.1. The molecular formula is C16H13NaO8S. The number of ether oxygens (including phenoxy) is 3. The number of hydrogen-bond acceptors (Lipinski definition) is 7. The first-order valence-electron chi connectivity index (χ1n) is 7.24. The van der Waals surface area contributed by atoms with Crippen LogP contribution < -0.4 is 7.55 Å². The summed E-state index contributed by atoms with van der Waals surface area (Å²) in [6, 6.07) is 8.40. The van der Waals surface area contributed by atoms with Crippen molar-refractivity contribution >= 4 is 52.8 Å². The summed E-state index contributed by atoms with van der Waals surface area (Å²) in [5.74, 6) is -1.97. The Morgan fingerprint density at radius 3 is 2.23 bits per heavy atom. The number of carbonyl (C=O) groups excluding carboxylic acids is 2. The third kappa shape index (κ3) is 4.43. The van der Waals surface area contributed by atoms with E-state index < -0.39 is 27.0 Å². The van der Waals surface area contributed by atoms with Gasteiger partial charge in [-0.15, -0.1) is 0 Å². The molecule has 1 N–H and O–H groups in total. The molecular weight excluding hydrogens is 375 g/mol. The van der Waals surface area contributed by atoms with Crippen LogP contribution in [0, 0.1) is 0 Å². The first kappa shape index (κ1) is 20.4. The minimum atomic E-state index is -4.56. The molecule has 0 bridgehead atoms. The molecule has 0 saturated heterocycles. The molecule has 0 heterocycles. The van der Waals surface area contributed by atoms with Gasteiger partial charge in [-0.05, 0) is 0 Å². The zero-order chi connectivity index (χ0) is 19.5. The van der Waals surface area contributed by atoms with Gasteiger partial charge in [-0.1, -0.05) is 0 Å². The molecule has 0 aliphatic heterocycles. The van der Waals surface area contributed by atoms with Crippen LogP contribution in [0.1, 0.15) is 20.7 Å². The van der Waals surface area contributed by atoms with Crippen molar-refractivity contribution in [2.45, 2.75) is 4.90 Å². The molecule has 0 aromatic heterocycles. The van der Waals surface area contributed by atoms with Crippen molar-refractivity contribution in [2.75, 3.05) is 14.2 Å². The van der Waals surface area contributed by atoms with E-state index in [0.29, 0.717) is 30.7 Å². The predicted molar refractivity (Wildman–Crippen MR) is 90.8 cm³/mol. The van der Waals surface area contributed by atoms with Gasteiger partial charge in [0.2, 0.25) is 0 Å². The molecule has 2 aromatic rings. The summed E-state index contributed by atoms with van der Waals surface area (Å²) in [6.45, 7) is 0. The van der Waals surface area contributed by atoms with Crippen molar-refractivity contribution in [3.05, 3.63) is 47.5 Å². The molecule has 8 nitrogen and oxygen atoms in total. The molecule has 0 unspecified atom stereocenters. The summed E-state index contributed by atoms with van der Waals surface area (Å²) in [5, 5.41) is 0. The predicted octanol–water partition coefficient (Wildman–Crippen LogP) is 1.09. The monoisotopic (exact) mass is 388 g/mol. The van der Waals surface area contributed by atoms with Gasteiger partial charge < -0.3 is 0 Å². The van der Waals surface area contributed by atoms with Crippen molar-refractivity contribution in [3.63, 3.8) is 0 Å². The van der Waals surface area contributed by atoms with Crippen LogP contribution in [0.3, 0.4) is 0 Å². The van der Waals surface area contributed by atoms with E-state index in [4.69, 9.17) is 4.74 Å². The Morgan fingerprint density at radius 1 is 1.00 bits per heavy atom. The summed E-state index contributed by atoms with van der Waals surface area (Å²) < 4.78 is 48.2. The van der Waals surface area contributed by atoms with Gasteiger partial charge in [0.25, 0.3) is 0 Å². The molecule has 0 radical (unpaired) electrons. The van der Waals surface area contributed by atoms with Gasteiger partial charge in [0.15, 0.2) is 0 Å². The standard InChI is InChI=1S/C16H13O8S.Na/c1-22-15(17)10-6-5-8-12(14(10)16(18)23-2)24-11-7-3-4-9-13(11)25(19,20)21;/h3,5-9H,1-2H3,(H,19,20,21);. The molecule has 26 heavy (non-hydrogen) atoms. The number of methoxy groups -OCH3 is 2. The van der Waals surface area contributed by atoms with E-state index in [1.54, 1.807) is 6.07 Å². The second kappa shape index (κ2) is 8.19. The van der Waals surface area contributed by atoms with Gasteiger partial charge in [-0.2, -0.15) is 0 Å². The minimum absolute atomic E-state index is 0.107. The molecule has 0 spiro atoms. The van der Waals surface area contributed by atoms with Gasteiger partial charge in [0.05, 0.1) is 0 Å². The van der Waals surface area contributed by atoms with E-state index in [1.807, 2.05) is 0 Å². The van der Waals surface area contributed by atoms with Crippen LogP contribution in [0.2, 0.25) is 0 Å². The molecule has 0 aliphatic rings. The summed E-state index contributed by atoms with van der Waals surface area (Å²) >= 11 is 0.552. The Morgan fingerprint density at radius 2 is 1.65 bits per heavy atom. The maximum atomic E-state index is 12.1. The average molecular weight is 388 g/mol. The van der Waals surface area contributed by atoms with Crippen molar-refractivity contribution in [2.24, 2.45) is 0 Å². The Labute approximate surface area is 167 Å². The van der Waals surface area contributed by atoms with E-state index >= 15 is 0 Å². The van der Waals surface area contributed by atoms with Crippen molar-refractivity contribution in [1.29, 1.82) is 0 Å². The first-order valence-corrected chi connectivity index (χ1v) is 9.68. The topological polar surface area (TPSA) is 116 Å². The van der Waals surface area contributed by atoms with Crippen LogP contribution >= 0.6 is 0 Å². The number of rotatable bonds is 5. The molecule has 0 saturated carbocycles. The first-order chi connectivity index (χ1) is 12.2. The van der Waals surface area contributed by atoms with Crippen LogP contribution in [-0.2, 0) is 19.6 Å². The van der Waals surface area contributed by atoms with E-state index in [-0.39, 0.29) is 22.6 Å². The van der Waals surface area contributed by atoms with Crippen LogP contribution in [0.25, 0.3) is 0 Å². The Hall–Kier alpha value is -1.91. The third-order valence-corrected chi connectivity index (χ3v) is 4.91. The SMILES string of the molecule is COC(=O)c1cccc(Oc2cc[c]([Na])cc2S(=O)(=O)O)c1C(=O)OC. The summed E-state index contributed by atoms with van der Waals surface area (Å²) in [4.78, 5) is 23.6. The number of esters is 2. The van der Waals surface area contributed by atoms with E-state index in [2.05, 4.69) is 9.47 Å². The van der Waals surface area contributed by atoms with E-state index in [9.17, 15) is 22.6 Å². The van der Waals surface area contributed by atoms with Crippen LogP contribution in [0.5, 0.6) is 11.5 Å². The molecule has 2 aromatic carbocycles. The van der Waals surface area contributed by atoms with E-state index in [1.165, 1.54) is 30.3 Å². The van der Waals surface area contributed by atoms with Gasteiger partial charge in [0, 0.05) is 0 Å². The second-order valence-corrected chi connectivity index (χ2v) is 7.73. The molecule has 132 valence electrons. The fourth-order valence-corrected chi connectivity index (χ4v) is 3.59. The fraction of sp³-hybridized carbons (Fsp3) is 0.125. The van der Waals surface area contributed by atoms with E-state index in [0.717, 1.165) is 14.2 Å². The quantitative estimate of drug-likeness (QED) is 0.460. The second-order valence-electron chi connectivity index (χ2n) is 5.19. The summed E-state index contributed by atoms with van der Waals surface area (Å²) in [5.41, 5.74) is -0.331. The normalized spacial score (nSPS) is 11.0. The van der Waals surface area contributed by atoms with Gasteiger partial charge in [-0.25, -0.2) is 0 Å². The Balaban J connectivity index is 2.65. The van der Waals surface area contributed by atoms with Crippen molar-refractivity contribution in [3.8, 4) is 11.5 Å². The molecule has 10 heteroatoms. The van der Waals surface area contributed by atoms with Crippen molar-refractivity contribution < 1.29 is 36.8 Å². The van der Waals surface area contributed by atoms with Crippen molar-refractivity contribution in [1.82, 2.24) is 0 Å². The average Bonchev–Trinajstić information content (AvgIpc) is 2.60. The Kier molecular flexibility index (Phi) is 6.43. The molecule has 0 fully saturated rings. The molecule has 0 atom stereocenters. The Bertz CT molecular complexity index is 968. The molecule has 0 aliphatic carbocycles. The van der Waals surface area contributed by atoms with Gasteiger partial charge in [-0.3, -0.25) is 0 Å². The van der Waals surface area contributed by atoms with Crippen LogP contribution in [-0.4, -0.2) is 67.1 Å².